The van der Waals surface area contributed by atoms with Gasteiger partial charge in [0.25, 0.3) is 5.69 Å². The van der Waals surface area contributed by atoms with Crippen molar-refractivity contribution >= 4 is 27.5 Å². The van der Waals surface area contributed by atoms with Gasteiger partial charge in [-0.1, -0.05) is 6.07 Å². The molecule has 0 bridgehead atoms. The molecule has 0 aliphatic rings. The Morgan fingerprint density at radius 3 is 2.26 bits per heavy atom. The fourth-order valence-electron chi connectivity index (χ4n) is 2.06. The predicted octanol–water partition coefficient (Wildman–Crippen LogP) is 1.88. The maximum absolute atomic E-state index is 12.1. The Labute approximate surface area is 155 Å². The van der Waals surface area contributed by atoms with E-state index in [4.69, 9.17) is 4.74 Å². The summed E-state index contributed by atoms with van der Waals surface area (Å²) in [6, 6.07) is 10.1. The zero-order valence-corrected chi connectivity index (χ0v) is 15.3. The molecule has 0 spiro atoms. The van der Waals surface area contributed by atoms with Gasteiger partial charge < -0.3 is 4.74 Å². The van der Waals surface area contributed by atoms with E-state index in [1.165, 1.54) is 56.6 Å². The van der Waals surface area contributed by atoms with Gasteiger partial charge in [-0.15, -0.1) is 0 Å². The summed E-state index contributed by atoms with van der Waals surface area (Å²) in [5.74, 6) is -1.41. The van der Waals surface area contributed by atoms with Crippen molar-refractivity contribution < 1.29 is 27.7 Å². The number of sulfonamides is 1. The van der Waals surface area contributed by atoms with Gasteiger partial charge in [0.15, 0.2) is 12.4 Å². The van der Waals surface area contributed by atoms with Crippen LogP contribution in [0.15, 0.2) is 53.4 Å². The lowest BCUT2D eigenvalue weighted by Crippen LogP contribution is -2.22. The molecular weight excluding hydrogens is 376 g/mol. The van der Waals surface area contributed by atoms with Crippen molar-refractivity contribution in [1.29, 1.82) is 0 Å². The summed E-state index contributed by atoms with van der Waals surface area (Å²) in [4.78, 5) is 34.1. The van der Waals surface area contributed by atoms with Crippen LogP contribution in [0.2, 0.25) is 0 Å². The number of non-ortho nitro benzene ring substituents is 1. The molecule has 142 valence electrons. The van der Waals surface area contributed by atoms with Crippen LogP contribution in [-0.2, 0) is 14.8 Å². The number of nitro benzene ring substituents is 1. The number of carbonyl (C=O) groups is 2. The molecule has 0 N–H and O–H groups in total. The Bertz CT molecular complexity index is 983. The van der Waals surface area contributed by atoms with E-state index < -0.39 is 33.3 Å². The summed E-state index contributed by atoms with van der Waals surface area (Å²) in [6.45, 7) is -0.582. The summed E-state index contributed by atoms with van der Waals surface area (Å²) >= 11 is 0. The monoisotopic (exact) mass is 392 g/mol. The molecule has 0 aliphatic carbocycles. The van der Waals surface area contributed by atoms with Gasteiger partial charge in [-0.3, -0.25) is 14.9 Å². The first-order valence-electron chi connectivity index (χ1n) is 7.60. The van der Waals surface area contributed by atoms with Gasteiger partial charge >= 0.3 is 5.97 Å². The number of Topliss-reactive ketones (excluding diaryl/α,β-unsaturated/α-hetero) is 1. The Morgan fingerprint density at radius 2 is 1.70 bits per heavy atom. The van der Waals surface area contributed by atoms with Crippen LogP contribution in [0.3, 0.4) is 0 Å². The number of nitro groups is 1. The summed E-state index contributed by atoms with van der Waals surface area (Å²) in [7, 11) is -0.986. The topological polar surface area (TPSA) is 124 Å². The van der Waals surface area contributed by atoms with Gasteiger partial charge in [-0.2, -0.15) is 0 Å². The van der Waals surface area contributed by atoms with Gasteiger partial charge in [-0.25, -0.2) is 17.5 Å². The van der Waals surface area contributed by atoms with Crippen molar-refractivity contribution in [1.82, 2.24) is 4.31 Å². The SMILES string of the molecule is CN(C)S(=O)(=O)c1cccc(C(=O)OCC(=O)c2ccc([N+](=O)[O-])cc2)c1. The number of benzene rings is 2. The Hall–Kier alpha value is -3.11. The number of esters is 1. The van der Waals surface area contributed by atoms with Crippen LogP contribution in [0.4, 0.5) is 5.69 Å². The molecule has 2 aromatic carbocycles. The quantitative estimate of drug-likeness (QED) is 0.305. The van der Waals surface area contributed by atoms with Crippen molar-refractivity contribution in [2.45, 2.75) is 4.90 Å². The van der Waals surface area contributed by atoms with E-state index in [0.29, 0.717) is 0 Å². The van der Waals surface area contributed by atoms with Crippen molar-refractivity contribution in [3.05, 3.63) is 69.8 Å². The molecule has 0 aromatic heterocycles. The average Bonchev–Trinajstić information content (AvgIpc) is 2.65. The highest BCUT2D eigenvalue weighted by Crippen LogP contribution is 2.16. The second-order valence-electron chi connectivity index (χ2n) is 5.62. The highest BCUT2D eigenvalue weighted by atomic mass is 32.2. The molecule has 0 heterocycles. The minimum atomic E-state index is -3.71. The highest BCUT2D eigenvalue weighted by Gasteiger charge is 2.20. The van der Waals surface area contributed by atoms with E-state index in [1.54, 1.807) is 0 Å². The third-order valence-corrected chi connectivity index (χ3v) is 5.39. The minimum Gasteiger partial charge on any atom is -0.454 e. The molecule has 0 amide bonds. The Morgan fingerprint density at radius 1 is 1.07 bits per heavy atom. The number of rotatable bonds is 7. The van der Waals surface area contributed by atoms with Crippen LogP contribution in [0.5, 0.6) is 0 Å². The molecule has 0 atom stereocenters. The first kappa shape index (κ1) is 20.2. The third kappa shape index (κ3) is 4.74. The van der Waals surface area contributed by atoms with E-state index in [-0.39, 0.29) is 21.7 Å². The smallest absolute Gasteiger partial charge is 0.338 e. The molecule has 0 saturated heterocycles. The molecule has 27 heavy (non-hydrogen) atoms. The number of hydrogen-bond donors (Lipinski definition) is 0. The number of carbonyl (C=O) groups excluding carboxylic acids is 2. The van der Waals surface area contributed by atoms with E-state index in [0.717, 1.165) is 10.4 Å². The number of ether oxygens (including phenoxy) is 1. The third-order valence-electron chi connectivity index (χ3n) is 3.58. The number of ketones is 1. The summed E-state index contributed by atoms with van der Waals surface area (Å²) < 4.78 is 30.1. The lowest BCUT2D eigenvalue weighted by Gasteiger charge is -2.12. The van der Waals surface area contributed by atoms with Crippen molar-refractivity contribution in [3.63, 3.8) is 0 Å². The van der Waals surface area contributed by atoms with Gasteiger partial charge in [0.1, 0.15) is 0 Å². The van der Waals surface area contributed by atoms with Crippen molar-refractivity contribution in [3.8, 4) is 0 Å². The number of hydrogen-bond acceptors (Lipinski definition) is 7. The molecule has 10 heteroatoms. The van der Waals surface area contributed by atoms with Crippen LogP contribution in [0.1, 0.15) is 20.7 Å². The molecule has 0 radical (unpaired) electrons. The fourth-order valence-corrected chi connectivity index (χ4v) is 3.01. The second-order valence-corrected chi connectivity index (χ2v) is 7.77. The van der Waals surface area contributed by atoms with Gasteiger partial charge in [0, 0.05) is 31.8 Å². The van der Waals surface area contributed by atoms with Crippen LogP contribution in [0, 0.1) is 10.1 Å². The van der Waals surface area contributed by atoms with Crippen LogP contribution < -0.4 is 0 Å². The summed E-state index contributed by atoms with van der Waals surface area (Å²) in [5.41, 5.74) is -0.0331. The highest BCUT2D eigenvalue weighted by molar-refractivity contribution is 7.89. The largest absolute Gasteiger partial charge is 0.454 e. The molecule has 0 saturated carbocycles. The van der Waals surface area contributed by atoms with E-state index in [2.05, 4.69) is 0 Å². The lowest BCUT2D eigenvalue weighted by molar-refractivity contribution is -0.384. The lowest BCUT2D eigenvalue weighted by atomic mass is 10.1. The number of nitrogens with zero attached hydrogens (tertiary/aromatic N) is 2. The Balaban J connectivity index is 2.07. The summed E-state index contributed by atoms with van der Waals surface area (Å²) in [6.07, 6.45) is 0. The first-order chi connectivity index (χ1) is 12.6. The molecule has 0 unspecified atom stereocenters. The second kappa shape index (κ2) is 8.06. The molecule has 2 aromatic rings. The molecule has 9 nitrogen and oxygen atoms in total. The van der Waals surface area contributed by atoms with Crippen molar-refractivity contribution in [2.24, 2.45) is 0 Å². The molecule has 2 rings (SSSR count). The standard InChI is InChI=1S/C17H16N2O7S/c1-18(2)27(24,25)15-5-3-4-13(10-15)17(21)26-11-16(20)12-6-8-14(9-7-12)19(22)23/h3-10H,11H2,1-2H3. The first-order valence-corrected chi connectivity index (χ1v) is 9.04. The van der Waals surface area contributed by atoms with Crippen LogP contribution >= 0.6 is 0 Å². The zero-order chi connectivity index (χ0) is 20.2. The average molecular weight is 392 g/mol. The predicted molar refractivity (Wildman–Crippen MR) is 95.0 cm³/mol. The van der Waals surface area contributed by atoms with Crippen LogP contribution in [0.25, 0.3) is 0 Å². The molecule has 0 aliphatic heterocycles. The summed E-state index contributed by atoms with van der Waals surface area (Å²) in [5, 5.41) is 10.6. The van der Waals surface area contributed by atoms with E-state index in [1.807, 2.05) is 0 Å². The zero-order valence-electron chi connectivity index (χ0n) is 14.5. The van der Waals surface area contributed by atoms with Crippen molar-refractivity contribution in [2.75, 3.05) is 20.7 Å². The normalized spacial score (nSPS) is 11.2. The van der Waals surface area contributed by atoms with Gasteiger partial charge in [-0.05, 0) is 30.3 Å². The Kier molecular flexibility index (Phi) is 6.03. The van der Waals surface area contributed by atoms with E-state index in [9.17, 15) is 28.1 Å². The fraction of sp³-hybridized carbons (Fsp3) is 0.176. The maximum atomic E-state index is 12.1. The van der Waals surface area contributed by atoms with Crippen LogP contribution in [-0.4, -0.2) is 50.1 Å². The van der Waals surface area contributed by atoms with Gasteiger partial charge in [0.2, 0.25) is 10.0 Å². The molecule has 0 fully saturated rings. The minimum absolute atomic E-state index is 0.0191. The maximum Gasteiger partial charge on any atom is 0.338 e. The van der Waals surface area contributed by atoms with E-state index >= 15 is 0 Å². The van der Waals surface area contributed by atoms with Gasteiger partial charge in [0.05, 0.1) is 15.4 Å². The molecular formula is C17H16N2O7S.